The molecule has 0 amide bonds. The van der Waals surface area contributed by atoms with Crippen LogP contribution in [0, 0.1) is 0 Å². The molecule has 1 heterocycles. The minimum absolute atomic E-state index is 0.0231. The van der Waals surface area contributed by atoms with Gasteiger partial charge in [0, 0.05) is 14.0 Å². The standard InChI is InChI=1S/C13H16O3/c1-13(14-2)15-11-8-7-9-5-3-4-6-10(9)12(11)16-13/h3-6,11-12H,7-8H2,1-2H3/t11-,12+,13?/m0/s1. The number of hydrogen-bond acceptors (Lipinski definition) is 3. The summed E-state index contributed by atoms with van der Waals surface area (Å²) in [6.07, 6.45) is 2.20. The summed E-state index contributed by atoms with van der Waals surface area (Å²) in [6, 6.07) is 8.41. The molecule has 1 aromatic carbocycles. The zero-order valence-electron chi connectivity index (χ0n) is 9.60. The van der Waals surface area contributed by atoms with Crippen molar-refractivity contribution in [2.75, 3.05) is 7.11 Å². The molecule has 0 bridgehead atoms. The largest absolute Gasteiger partial charge is 0.331 e. The third kappa shape index (κ3) is 1.47. The molecule has 1 fully saturated rings. The Bertz CT molecular complexity index is 404. The molecule has 1 aliphatic heterocycles. The Labute approximate surface area is 95.3 Å². The fraction of sp³-hybridized carbons (Fsp3) is 0.538. The molecule has 3 rings (SSSR count). The summed E-state index contributed by atoms with van der Waals surface area (Å²) in [7, 11) is 1.61. The summed E-state index contributed by atoms with van der Waals surface area (Å²) in [5.74, 6) is -0.882. The molecule has 1 saturated heterocycles. The third-order valence-corrected chi connectivity index (χ3v) is 3.47. The molecule has 3 nitrogen and oxygen atoms in total. The smallest absolute Gasteiger partial charge is 0.280 e. The summed E-state index contributed by atoms with van der Waals surface area (Å²) in [5.41, 5.74) is 2.62. The minimum atomic E-state index is -0.882. The van der Waals surface area contributed by atoms with E-state index in [1.165, 1.54) is 11.1 Å². The Kier molecular flexibility index (Phi) is 2.28. The van der Waals surface area contributed by atoms with Crippen LogP contribution in [0.3, 0.4) is 0 Å². The fourth-order valence-electron chi connectivity index (χ4n) is 2.58. The summed E-state index contributed by atoms with van der Waals surface area (Å²) in [6.45, 7) is 1.83. The second-order valence-corrected chi connectivity index (χ2v) is 4.50. The van der Waals surface area contributed by atoms with Crippen LogP contribution in [0.15, 0.2) is 24.3 Å². The van der Waals surface area contributed by atoms with E-state index >= 15 is 0 Å². The number of hydrogen-bond donors (Lipinski definition) is 0. The average molecular weight is 220 g/mol. The van der Waals surface area contributed by atoms with Crippen molar-refractivity contribution >= 4 is 0 Å². The topological polar surface area (TPSA) is 27.7 Å². The van der Waals surface area contributed by atoms with Crippen LogP contribution in [0.5, 0.6) is 0 Å². The lowest BCUT2D eigenvalue weighted by Gasteiger charge is -2.24. The second-order valence-electron chi connectivity index (χ2n) is 4.50. The van der Waals surface area contributed by atoms with Crippen LogP contribution in [0.25, 0.3) is 0 Å². The molecule has 0 N–H and O–H groups in total. The summed E-state index contributed by atoms with van der Waals surface area (Å²) >= 11 is 0. The Morgan fingerprint density at radius 2 is 2.12 bits per heavy atom. The molecule has 1 aliphatic carbocycles. The van der Waals surface area contributed by atoms with Crippen molar-refractivity contribution in [3.05, 3.63) is 35.4 Å². The SMILES string of the molecule is COC1(C)O[C@H]2CCc3ccccc3[C@H]2O1. The molecule has 2 aliphatic rings. The highest BCUT2D eigenvalue weighted by atomic mass is 16.9. The Morgan fingerprint density at radius 1 is 1.31 bits per heavy atom. The molecule has 3 heteroatoms. The predicted molar refractivity (Wildman–Crippen MR) is 58.9 cm³/mol. The lowest BCUT2D eigenvalue weighted by molar-refractivity contribution is -0.318. The zero-order valence-corrected chi connectivity index (χ0v) is 9.60. The zero-order chi connectivity index (χ0) is 11.2. The highest BCUT2D eigenvalue weighted by Crippen LogP contribution is 2.44. The van der Waals surface area contributed by atoms with E-state index in [4.69, 9.17) is 14.2 Å². The molecular weight excluding hydrogens is 204 g/mol. The van der Waals surface area contributed by atoms with Gasteiger partial charge in [-0.3, -0.25) is 0 Å². The van der Waals surface area contributed by atoms with E-state index in [0.29, 0.717) is 0 Å². The fourth-order valence-corrected chi connectivity index (χ4v) is 2.58. The maximum atomic E-state index is 5.88. The van der Waals surface area contributed by atoms with E-state index in [2.05, 4.69) is 18.2 Å². The summed E-state index contributed by atoms with van der Waals surface area (Å²) in [5, 5.41) is 0. The van der Waals surface area contributed by atoms with Crippen molar-refractivity contribution in [3.63, 3.8) is 0 Å². The van der Waals surface area contributed by atoms with Gasteiger partial charge in [-0.15, -0.1) is 0 Å². The van der Waals surface area contributed by atoms with E-state index < -0.39 is 5.97 Å². The van der Waals surface area contributed by atoms with Crippen molar-refractivity contribution in [2.24, 2.45) is 0 Å². The highest BCUT2D eigenvalue weighted by Gasteiger charge is 2.47. The number of aryl methyl sites for hydroxylation is 1. The van der Waals surface area contributed by atoms with E-state index in [1.807, 2.05) is 13.0 Å². The van der Waals surface area contributed by atoms with Crippen molar-refractivity contribution in [1.29, 1.82) is 0 Å². The van der Waals surface area contributed by atoms with Gasteiger partial charge in [-0.2, -0.15) is 0 Å². The van der Waals surface area contributed by atoms with Crippen LogP contribution in [0.1, 0.15) is 30.6 Å². The van der Waals surface area contributed by atoms with E-state index in [9.17, 15) is 0 Å². The molecule has 0 aromatic heterocycles. The van der Waals surface area contributed by atoms with Gasteiger partial charge in [0.25, 0.3) is 5.97 Å². The second kappa shape index (κ2) is 3.55. The quantitative estimate of drug-likeness (QED) is 0.727. The summed E-state index contributed by atoms with van der Waals surface area (Å²) < 4.78 is 17.0. The molecule has 3 atom stereocenters. The first-order valence-corrected chi connectivity index (χ1v) is 5.70. The van der Waals surface area contributed by atoms with Gasteiger partial charge in [-0.1, -0.05) is 24.3 Å². The molecule has 0 spiro atoms. The van der Waals surface area contributed by atoms with Crippen molar-refractivity contribution in [1.82, 2.24) is 0 Å². The van der Waals surface area contributed by atoms with Crippen LogP contribution < -0.4 is 0 Å². The lowest BCUT2D eigenvalue weighted by Crippen LogP contribution is -2.28. The maximum Gasteiger partial charge on any atom is 0.280 e. The molecule has 0 radical (unpaired) electrons. The number of benzene rings is 1. The minimum Gasteiger partial charge on any atom is -0.331 e. The number of ether oxygens (including phenoxy) is 3. The highest BCUT2D eigenvalue weighted by molar-refractivity contribution is 5.33. The van der Waals surface area contributed by atoms with Gasteiger partial charge in [-0.05, 0) is 24.0 Å². The van der Waals surface area contributed by atoms with Crippen molar-refractivity contribution < 1.29 is 14.2 Å². The van der Waals surface area contributed by atoms with Crippen LogP contribution >= 0.6 is 0 Å². The predicted octanol–water partition coefficient (Wildman–Crippen LogP) is 2.41. The molecule has 16 heavy (non-hydrogen) atoms. The average Bonchev–Trinajstić information content (AvgIpc) is 2.67. The Morgan fingerprint density at radius 3 is 2.94 bits per heavy atom. The van der Waals surface area contributed by atoms with Crippen LogP contribution in [-0.4, -0.2) is 19.2 Å². The van der Waals surface area contributed by atoms with Crippen molar-refractivity contribution in [3.8, 4) is 0 Å². The Balaban J connectivity index is 1.96. The van der Waals surface area contributed by atoms with Gasteiger partial charge in [0.2, 0.25) is 0 Å². The van der Waals surface area contributed by atoms with Crippen LogP contribution in [-0.2, 0) is 20.6 Å². The van der Waals surface area contributed by atoms with E-state index in [1.54, 1.807) is 7.11 Å². The van der Waals surface area contributed by atoms with Crippen LogP contribution in [0.2, 0.25) is 0 Å². The molecular formula is C13H16O3. The third-order valence-electron chi connectivity index (χ3n) is 3.47. The Hall–Kier alpha value is -0.900. The molecule has 1 aromatic rings. The van der Waals surface area contributed by atoms with Crippen molar-refractivity contribution in [2.45, 2.75) is 37.9 Å². The number of fused-ring (bicyclic) bond motifs is 3. The summed E-state index contributed by atoms with van der Waals surface area (Å²) in [4.78, 5) is 0. The van der Waals surface area contributed by atoms with Gasteiger partial charge in [0.15, 0.2) is 0 Å². The van der Waals surface area contributed by atoms with Gasteiger partial charge >= 0.3 is 0 Å². The number of methoxy groups -OCH3 is 1. The number of rotatable bonds is 1. The normalized spacial score (nSPS) is 36.9. The van der Waals surface area contributed by atoms with Gasteiger partial charge in [0.05, 0.1) is 6.10 Å². The first-order valence-electron chi connectivity index (χ1n) is 5.70. The van der Waals surface area contributed by atoms with Gasteiger partial charge in [0.1, 0.15) is 6.10 Å². The van der Waals surface area contributed by atoms with Crippen LogP contribution in [0.4, 0.5) is 0 Å². The first-order chi connectivity index (χ1) is 7.72. The van der Waals surface area contributed by atoms with Gasteiger partial charge in [-0.25, -0.2) is 0 Å². The molecule has 86 valence electrons. The maximum absolute atomic E-state index is 5.88. The first kappa shape index (κ1) is 10.3. The van der Waals surface area contributed by atoms with E-state index in [0.717, 1.165) is 12.8 Å². The molecule has 1 unspecified atom stereocenters. The van der Waals surface area contributed by atoms with E-state index in [-0.39, 0.29) is 12.2 Å². The molecule has 0 saturated carbocycles. The van der Waals surface area contributed by atoms with Gasteiger partial charge < -0.3 is 14.2 Å². The lowest BCUT2D eigenvalue weighted by atomic mass is 9.88. The monoisotopic (exact) mass is 220 g/mol.